The molecule has 21 heavy (non-hydrogen) atoms. The van der Waals surface area contributed by atoms with E-state index in [0.717, 1.165) is 52.7 Å². The molecule has 2 aromatic carbocycles. The van der Waals surface area contributed by atoms with Gasteiger partial charge in [-0.05, 0) is 60.2 Å². The van der Waals surface area contributed by atoms with E-state index in [9.17, 15) is 4.79 Å². The number of fused-ring (bicyclic) bond motifs is 1. The Morgan fingerprint density at radius 1 is 1.10 bits per heavy atom. The molecule has 1 fully saturated rings. The van der Waals surface area contributed by atoms with Crippen LogP contribution in [0.15, 0.2) is 40.9 Å². The lowest BCUT2D eigenvalue weighted by Crippen LogP contribution is -2.31. The molecule has 1 atom stereocenters. The fourth-order valence-electron chi connectivity index (χ4n) is 3.00. The molecular formula is C18H20BrNO. The second-order valence-corrected chi connectivity index (χ2v) is 6.95. The van der Waals surface area contributed by atoms with Crippen LogP contribution in [0.5, 0.6) is 0 Å². The minimum atomic E-state index is 0.175. The molecule has 110 valence electrons. The van der Waals surface area contributed by atoms with Gasteiger partial charge in [-0.2, -0.15) is 0 Å². The molecule has 1 heterocycles. The van der Waals surface area contributed by atoms with Crippen molar-refractivity contribution < 1.29 is 4.79 Å². The van der Waals surface area contributed by atoms with Crippen LogP contribution in [0.1, 0.15) is 36.5 Å². The fourth-order valence-corrected chi connectivity index (χ4v) is 3.38. The molecular weight excluding hydrogens is 326 g/mol. The van der Waals surface area contributed by atoms with Crippen LogP contribution < -0.4 is 0 Å². The summed E-state index contributed by atoms with van der Waals surface area (Å²) in [5.41, 5.74) is 0.805. The highest BCUT2D eigenvalue weighted by atomic mass is 79.9. The van der Waals surface area contributed by atoms with Crippen molar-refractivity contribution in [1.29, 1.82) is 0 Å². The predicted molar refractivity (Wildman–Crippen MR) is 90.6 cm³/mol. The van der Waals surface area contributed by atoms with E-state index in [2.05, 4.69) is 35.0 Å². The molecule has 3 heteroatoms. The minimum Gasteiger partial charge on any atom is -0.339 e. The zero-order chi connectivity index (χ0) is 14.8. The second kappa shape index (κ2) is 6.18. The number of likely N-dealkylation sites (tertiary alicyclic amines) is 1. The van der Waals surface area contributed by atoms with Crippen LogP contribution in [0.3, 0.4) is 0 Å². The molecule has 2 aromatic rings. The van der Waals surface area contributed by atoms with Gasteiger partial charge in [0.1, 0.15) is 0 Å². The quantitative estimate of drug-likeness (QED) is 0.722. The fraction of sp³-hybridized carbons (Fsp3) is 0.389. The number of carbonyl (C=O) groups is 1. The van der Waals surface area contributed by atoms with Crippen molar-refractivity contribution in [2.75, 3.05) is 13.1 Å². The highest BCUT2D eigenvalue weighted by Gasteiger charge is 2.19. The summed E-state index contributed by atoms with van der Waals surface area (Å²) in [5, 5.41) is 2.28. The maximum absolute atomic E-state index is 12.7. The molecule has 1 amide bonds. The van der Waals surface area contributed by atoms with Crippen LogP contribution in [0.2, 0.25) is 0 Å². The van der Waals surface area contributed by atoms with E-state index in [1.165, 1.54) is 6.42 Å². The summed E-state index contributed by atoms with van der Waals surface area (Å²) in [6.45, 7) is 4.06. The summed E-state index contributed by atoms with van der Waals surface area (Å²) in [4.78, 5) is 14.7. The molecule has 1 unspecified atom stereocenters. The van der Waals surface area contributed by atoms with E-state index >= 15 is 0 Å². The molecule has 0 saturated carbocycles. The maximum Gasteiger partial charge on any atom is 0.253 e. The molecule has 3 rings (SSSR count). The molecule has 0 radical (unpaired) electrons. The highest BCUT2D eigenvalue weighted by molar-refractivity contribution is 9.10. The number of nitrogens with zero attached hydrogens (tertiary/aromatic N) is 1. The number of halogens is 1. The minimum absolute atomic E-state index is 0.175. The summed E-state index contributed by atoms with van der Waals surface area (Å²) in [7, 11) is 0. The smallest absolute Gasteiger partial charge is 0.253 e. The summed E-state index contributed by atoms with van der Waals surface area (Å²) >= 11 is 3.48. The number of hydrogen-bond acceptors (Lipinski definition) is 1. The van der Waals surface area contributed by atoms with Crippen molar-refractivity contribution in [1.82, 2.24) is 4.90 Å². The van der Waals surface area contributed by atoms with Crippen LogP contribution >= 0.6 is 15.9 Å². The molecule has 1 saturated heterocycles. The van der Waals surface area contributed by atoms with Gasteiger partial charge in [-0.25, -0.2) is 0 Å². The Balaban J connectivity index is 1.85. The standard InChI is InChI=1S/C18H20BrNO/c1-13-3-2-9-20(10-8-13)18(21)16-5-4-15-12-17(19)7-6-14(15)11-16/h4-7,11-13H,2-3,8-10H2,1H3. The number of rotatable bonds is 1. The van der Waals surface area contributed by atoms with E-state index in [0.29, 0.717) is 0 Å². The Labute approximate surface area is 134 Å². The molecule has 1 aliphatic rings. The molecule has 2 nitrogen and oxygen atoms in total. The first kappa shape index (κ1) is 14.6. The lowest BCUT2D eigenvalue weighted by molar-refractivity contribution is 0.0760. The predicted octanol–water partition coefficient (Wildman–Crippen LogP) is 4.86. The van der Waals surface area contributed by atoms with Gasteiger partial charge in [-0.3, -0.25) is 4.79 Å². The van der Waals surface area contributed by atoms with E-state index in [4.69, 9.17) is 0 Å². The highest BCUT2D eigenvalue weighted by Crippen LogP contribution is 2.23. The number of amides is 1. The van der Waals surface area contributed by atoms with Crippen LogP contribution in [0.4, 0.5) is 0 Å². The Hall–Kier alpha value is -1.35. The Morgan fingerprint density at radius 3 is 2.71 bits per heavy atom. The van der Waals surface area contributed by atoms with Crippen LogP contribution in [-0.4, -0.2) is 23.9 Å². The van der Waals surface area contributed by atoms with E-state index in [1.807, 2.05) is 29.2 Å². The Morgan fingerprint density at radius 2 is 1.86 bits per heavy atom. The van der Waals surface area contributed by atoms with Gasteiger partial charge in [-0.15, -0.1) is 0 Å². The van der Waals surface area contributed by atoms with Gasteiger partial charge in [-0.1, -0.05) is 35.0 Å². The first-order chi connectivity index (χ1) is 10.1. The zero-order valence-corrected chi connectivity index (χ0v) is 13.9. The van der Waals surface area contributed by atoms with Crippen molar-refractivity contribution in [2.45, 2.75) is 26.2 Å². The second-order valence-electron chi connectivity index (χ2n) is 6.03. The van der Waals surface area contributed by atoms with E-state index in [1.54, 1.807) is 0 Å². The first-order valence-electron chi connectivity index (χ1n) is 7.62. The van der Waals surface area contributed by atoms with Gasteiger partial charge in [0.05, 0.1) is 0 Å². The largest absolute Gasteiger partial charge is 0.339 e. The van der Waals surface area contributed by atoms with Gasteiger partial charge in [0, 0.05) is 23.1 Å². The molecule has 1 aliphatic heterocycles. The molecule has 0 bridgehead atoms. The molecule has 0 aliphatic carbocycles. The van der Waals surface area contributed by atoms with Gasteiger partial charge in [0.25, 0.3) is 5.91 Å². The third-order valence-electron chi connectivity index (χ3n) is 4.35. The SMILES string of the molecule is CC1CCCN(C(=O)c2ccc3cc(Br)ccc3c2)CC1. The monoisotopic (exact) mass is 345 g/mol. The van der Waals surface area contributed by atoms with Crippen molar-refractivity contribution in [3.05, 3.63) is 46.4 Å². The average molecular weight is 346 g/mol. The third kappa shape index (κ3) is 3.29. The summed E-state index contributed by atoms with van der Waals surface area (Å²) in [6.07, 6.45) is 3.47. The topological polar surface area (TPSA) is 20.3 Å². The number of benzene rings is 2. The maximum atomic E-state index is 12.7. The van der Waals surface area contributed by atoms with Gasteiger partial charge >= 0.3 is 0 Å². The summed E-state index contributed by atoms with van der Waals surface area (Å²) in [5.74, 6) is 0.908. The van der Waals surface area contributed by atoms with Gasteiger partial charge in [0.2, 0.25) is 0 Å². The number of hydrogen-bond donors (Lipinski definition) is 0. The summed E-state index contributed by atoms with van der Waals surface area (Å²) in [6, 6.07) is 12.2. The Bertz CT molecular complexity index is 667. The number of carbonyl (C=O) groups excluding carboxylic acids is 1. The Kier molecular flexibility index (Phi) is 4.29. The zero-order valence-electron chi connectivity index (χ0n) is 12.3. The van der Waals surface area contributed by atoms with E-state index < -0.39 is 0 Å². The van der Waals surface area contributed by atoms with Crippen molar-refractivity contribution in [2.24, 2.45) is 5.92 Å². The van der Waals surface area contributed by atoms with E-state index in [-0.39, 0.29) is 5.91 Å². The third-order valence-corrected chi connectivity index (χ3v) is 4.85. The van der Waals surface area contributed by atoms with Crippen molar-refractivity contribution >= 4 is 32.6 Å². The lowest BCUT2D eigenvalue weighted by Gasteiger charge is -2.20. The van der Waals surface area contributed by atoms with Gasteiger partial charge in [0.15, 0.2) is 0 Å². The van der Waals surface area contributed by atoms with Crippen molar-refractivity contribution in [3.8, 4) is 0 Å². The summed E-state index contributed by atoms with van der Waals surface area (Å²) < 4.78 is 1.07. The van der Waals surface area contributed by atoms with Crippen LogP contribution in [0, 0.1) is 5.92 Å². The molecule has 0 spiro atoms. The molecule has 0 N–H and O–H groups in total. The van der Waals surface area contributed by atoms with Gasteiger partial charge < -0.3 is 4.90 Å². The normalized spacial score (nSPS) is 19.5. The van der Waals surface area contributed by atoms with Crippen LogP contribution in [0.25, 0.3) is 10.8 Å². The van der Waals surface area contributed by atoms with Crippen molar-refractivity contribution in [3.63, 3.8) is 0 Å². The first-order valence-corrected chi connectivity index (χ1v) is 8.41. The molecule has 0 aromatic heterocycles. The lowest BCUT2D eigenvalue weighted by atomic mass is 10.0. The van der Waals surface area contributed by atoms with Crippen LogP contribution in [-0.2, 0) is 0 Å². The average Bonchev–Trinajstić information content (AvgIpc) is 2.70.